The molecular formula is C19H23FN4O. The lowest BCUT2D eigenvalue weighted by Gasteiger charge is -2.36. The smallest absolute Gasteiger partial charge is 0.321 e. The lowest BCUT2D eigenvalue weighted by Crippen LogP contribution is -2.50. The molecule has 1 N–H and O–H groups in total. The molecule has 1 aliphatic heterocycles. The van der Waals surface area contributed by atoms with Crippen molar-refractivity contribution in [1.29, 1.82) is 0 Å². The molecule has 132 valence electrons. The van der Waals surface area contributed by atoms with Crippen LogP contribution in [0.25, 0.3) is 0 Å². The van der Waals surface area contributed by atoms with Crippen molar-refractivity contribution in [1.82, 2.24) is 4.90 Å². The molecule has 3 rings (SSSR count). The molecule has 1 fully saturated rings. The second-order valence-electron chi connectivity index (χ2n) is 6.33. The topological polar surface area (TPSA) is 38.8 Å². The summed E-state index contributed by atoms with van der Waals surface area (Å²) in [5, 5.41) is 2.75. The van der Waals surface area contributed by atoms with Gasteiger partial charge in [-0.25, -0.2) is 9.18 Å². The lowest BCUT2D eigenvalue weighted by molar-refractivity contribution is 0.208. The molecule has 0 aromatic heterocycles. The van der Waals surface area contributed by atoms with Gasteiger partial charge in [0.15, 0.2) is 0 Å². The summed E-state index contributed by atoms with van der Waals surface area (Å²) in [6.45, 7) is 2.82. The number of piperazine rings is 1. The number of halogens is 1. The van der Waals surface area contributed by atoms with Crippen LogP contribution in [0.15, 0.2) is 48.5 Å². The van der Waals surface area contributed by atoms with E-state index in [1.54, 1.807) is 17.0 Å². The van der Waals surface area contributed by atoms with Crippen LogP contribution in [-0.2, 0) is 0 Å². The first-order valence-electron chi connectivity index (χ1n) is 8.37. The molecule has 0 spiro atoms. The van der Waals surface area contributed by atoms with E-state index in [1.165, 1.54) is 12.1 Å². The van der Waals surface area contributed by atoms with Crippen molar-refractivity contribution in [2.24, 2.45) is 0 Å². The number of carbonyl (C=O) groups is 1. The number of nitrogens with zero attached hydrogens (tertiary/aromatic N) is 3. The highest BCUT2D eigenvalue weighted by molar-refractivity contribution is 5.89. The van der Waals surface area contributed by atoms with Crippen LogP contribution in [0.4, 0.5) is 26.2 Å². The Morgan fingerprint density at radius 1 is 1.04 bits per heavy atom. The molecule has 0 aliphatic carbocycles. The van der Waals surface area contributed by atoms with E-state index in [0.717, 1.165) is 24.5 Å². The van der Waals surface area contributed by atoms with Gasteiger partial charge >= 0.3 is 6.03 Å². The van der Waals surface area contributed by atoms with E-state index in [9.17, 15) is 9.18 Å². The van der Waals surface area contributed by atoms with Gasteiger partial charge in [0.2, 0.25) is 0 Å². The van der Waals surface area contributed by atoms with E-state index in [0.29, 0.717) is 18.8 Å². The zero-order valence-electron chi connectivity index (χ0n) is 14.6. The normalized spacial score (nSPS) is 14.4. The molecule has 0 bridgehead atoms. The predicted octanol–water partition coefficient (Wildman–Crippen LogP) is 3.25. The maximum Gasteiger partial charge on any atom is 0.321 e. The van der Waals surface area contributed by atoms with Crippen molar-refractivity contribution < 1.29 is 9.18 Å². The van der Waals surface area contributed by atoms with Crippen LogP contribution in [-0.4, -0.2) is 51.2 Å². The summed E-state index contributed by atoms with van der Waals surface area (Å²) >= 11 is 0. The number of nitrogens with one attached hydrogen (secondary N) is 1. The van der Waals surface area contributed by atoms with Crippen molar-refractivity contribution in [2.45, 2.75) is 0 Å². The van der Waals surface area contributed by atoms with E-state index >= 15 is 0 Å². The first-order valence-corrected chi connectivity index (χ1v) is 8.37. The molecule has 1 saturated heterocycles. The van der Waals surface area contributed by atoms with Gasteiger partial charge in [-0.05, 0) is 42.5 Å². The van der Waals surface area contributed by atoms with Gasteiger partial charge in [-0.15, -0.1) is 0 Å². The molecule has 2 amide bonds. The summed E-state index contributed by atoms with van der Waals surface area (Å²) in [6, 6.07) is 14.2. The summed E-state index contributed by atoms with van der Waals surface area (Å²) in [5.41, 5.74) is 2.80. The minimum Gasteiger partial charge on any atom is -0.378 e. The number of carbonyl (C=O) groups excluding carboxylic acids is 1. The Morgan fingerprint density at radius 3 is 2.32 bits per heavy atom. The van der Waals surface area contributed by atoms with E-state index in [2.05, 4.69) is 39.4 Å². The Balaban J connectivity index is 1.55. The fraction of sp³-hybridized carbons (Fsp3) is 0.316. The van der Waals surface area contributed by atoms with Gasteiger partial charge in [0.05, 0.1) is 0 Å². The van der Waals surface area contributed by atoms with Gasteiger partial charge in [-0.2, -0.15) is 0 Å². The third-order valence-electron chi connectivity index (χ3n) is 4.37. The molecule has 0 unspecified atom stereocenters. The van der Waals surface area contributed by atoms with E-state index < -0.39 is 0 Å². The minimum atomic E-state index is -0.358. The number of hydrogen-bond donors (Lipinski definition) is 1. The van der Waals surface area contributed by atoms with E-state index in [4.69, 9.17) is 0 Å². The number of rotatable bonds is 3. The SMILES string of the molecule is CN(C)c1ccc(N2CCN(C(=O)Nc3cccc(F)c3)CC2)cc1. The number of amides is 2. The minimum absolute atomic E-state index is 0.187. The van der Waals surface area contributed by atoms with Crippen LogP contribution in [0, 0.1) is 5.82 Å². The quantitative estimate of drug-likeness (QED) is 0.931. The molecule has 0 saturated carbocycles. The van der Waals surface area contributed by atoms with Gasteiger partial charge in [0, 0.05) is 57.3 Å². The molecule has 0 radical (unpaired) electrons. The standard InChI is InChI=1S/C19H23FN4O/c1-22(2)17-6-8-18(9-7-17)23-10-12-24(13-11-23)19(25)21-16-5-3-4-15(20)14-16/h3-9,14H,10-13H2,1-2H3,(H,21,25). The Bertz CT molecular complexity index is 724. The average Bonchev–Trinajstić information content (AvgIpc) is 2.62. The van der Waals surface area contributed by atoms with Crippen molar-refractivity contribution in [2.75, 3.05) is 55.4 Å². The zero-order chi connectivity index (χ0) is 17.8. The predicted molar refractivity (Wildman–Crippen MR) is 100.0 cm³/mol. The first-order chi connectivity index (χ1) is 12.0. The van der Waals surface area contributed by atoms with Crippen LogP contribution in [0.1, 0.15) is 0 Å². The highest BCUT2D eigenvalue weighted by Gasteiger charge is 2.21. The summed E-state index contributed by atoms with van der Waals surface area (Å²) in [4.78, 5) is 18.4. The second-order valence-corrected chi connectivity index (χ2v) is 6.33. The number of benzene rings is 2. The van der Waals surface area contributed by atoms with E-state index in [-0.39, 0.29) is 11.8 Å². The van der Waals surface area contributed by atoms with Crippen LogP contribution < -0.4 is 15.1 Å². The van der Waals surface area contributed by atoms with Crippen molar-refractivity contribution >= 4 is 23.1 Å². The summed E-state index contributed by atoms with van der Waals surface area (Å²) < 4.78 is 13.2. The van der Waals surface area contributed by atoms with E-state index in [1.807, 2.05) is 14.1 Å². The monoisotopic (exact) mass is 342 g/mol. The Morgan fingerprint density at radius 2 is 1.72 bits per heavy atom. The van der Waals surface area contributed by atoms with Crippen LogP contribution in [0.5, 0.6) is 0 Å². The number of urea groups is 1. The van der Waals surface area contributed by atoms with Crippen molar-refractivity contribution in [3.8, 4) is 0 Å². The summed E-state index contributed by atoms with van der Waals surface area (Å²) in [6.07, 6.45) is 0. The molecule has 25 heavy (non-hydrogen) atoms. The highest BCUT2D eigenvalue weighted by Crippen LogP contribution is 2.21. The molecular weight excluding hydrogens is 319 g/mol. The van der Waals surface area contributed by atoms with Crippen LogP contribution in [0.2, 0.25) is 0 Å². The summed E-state index contributed by atoms with van der Waals surface area (Å²) in [7, 11) is 4.04. The van der Waals surface area contributed by atoms with Gasteiger partial charge < -0.3 is 20.0 Å². The maximum atomic E-state index is 13.2. The number of hydrogen-bond acceptors (Lipinski definition) is 3. The average molecular weight is 342 g/mol. The molecule has 6 heteroatoms. The highest BCUT2D eigenvalue weighted by atomic mass is 19.1. The van der Waals surface area contributed by atoms with Gasteiger partial charge in [-0.1, -0.05) is 6.07 Å². The third kappa shape index (κ3) is 4.21. The third-order valence-corrected chi connectivity index (χ3v) is 4.37. The lowest BCUT2D eigenvalue weighted by atomic mass is 10.2. The Hall–Kier alpha value is -2.76. The molecule has 1 heterocycles. The van der Waals surface area contributed by atoms with Crippen LogP contribution in [0.3, 0.4) is 0 Å². The van der Waals surface area contributed by atoms with Crippen molar-refractivity contribution in [3.63, 3.8) is 0 Å². The van der Waals surface area contributed by atoms with Gasteiger partial charge in [0.25, 0.3) is 0 Å². The second kappa shape index (κ2) is 7.42. The van der Waals surface area contributed by atoms with Gasteiger partial charge in [0.1, 0.15) is 5.82 Å². The zero-order valence-corrected chi connectivity index (χ0v) is 14.6. The Labute approximate surface area is 147 Å². The fourth-order valence-electron chi connectivity index (χ4n) is 2.90. The van der Waals surface area contributed by atoms with Gasteiger partial charge in [-0.3, -0.25) is 0 Å². The summed E-state index contributed by atoms with van der Waals surface area (Å²) in [5.74, 6) is -0.358. The van der Waals surface area contributed by atoms with Crippen LogP contribution >= 0.6 is 0 Å². The molecule has 2 aromatic rings. The molecule has 2 aromatic carbocycles. The molecule has 0 atom stereocenters. The largest absolute Gasteiger partial charge is 0.378 e. The molecule has 1 aliphatic rings. The van der Waals surface area contributed by atoms with Crippen molar-refractivity contribution in [3.05, 3.63) is 54.3 Å². The first kappa shape index (κ1) is 17.1. The maximum absolute atomic E-state index is 13.2. The Kier molecular flexibility index (Phi) is 5.07. The number of anilines is 3. The fourth-order valence-corrected chi connectivity index (χ4v) is 2.90. The molecule has 5 nitrogen and oxygen atoms in total.